The lowest BCUT2D eigenvalue weighted by atomic mass is 10.0. The van der Waals surface area contributed by atoms with Crippen LogP contribution >= 0.6 is 0 Å². The average molecular weight is 437 g/mol. The summed E-state index contributed by atoms with van der Waals surface area (Å²) in [6, 6.07) is 21.4. The fourth-order valence-corrected chi connectivity index (χ4v) is 5.06. The topological polar surface area (TPSA) is 84.5 Å². The number of aryl methyl sites for hydroxylation is 1. The van der Waals surface area contributed by atoms with E-state index in [-0.39, 0.29) is 16.6 Å². The first kappa shape index (κ1) is 21.1. The molecule has 6 nitrogen and oxygen atoms in total. The molecule has 0 saturated carbocycles. The molecular weight excluding hydrogens is 412 g/mol. The van der Waals surface area contributed by atoms with Crippen LogP contribution in [0.25, 0.3) is 11.1 Å². The molecule has 31 heavy (non-hydrogen) atoms. The summed E-state index contributed by atoms with van der Waals surface area (Å²) in [5, 5.41) is 5.63. The molecule has 0 bridgehead atoms. The first-order valence-electron chi connectivity index (χ1n) is 10.1. The van der Waals surface area contributed by atoms with E-state index in [4.69, 9.17) is 4.74 Å². The van der Waals surface area contributed by atoms with Crippen LogP contribution < -0.4 is 10.6 Å². The van der Waals surface area contributed by atoms with E-state index in [2.05, 4.69) is 10.6 Å². The molecule has 3 aromatic carbocycles. The zero-order chi connectivity index (χ0) is 21.8. The van der Waals surface area contributed by atoms with Gasteiger partial charge in [-0.25, -0.2) is 13.2 Å². The zero-order valence-electron chi connectivity index (χ0n) is 17.2. The van der Waals surface area contributed by atoms with Gasteiger partial charge in [0.05, 0.1) is 29.5 Å². The lowest BCUT2D eigenvalue weighted by Gasteiger charge is -2.25. The third kappa shape index (κ3) is 5.13. The fourth-order valence-electron chi connectivity index (χ4n) is 3.48. The molecule has 0 radical (unpaired) electrons. The minimum Gasteiger partial charge on any atom is -0.381 e. The number of nitrogens with one attached hydrogen (secondary N) is 2. The number of hydrogen-bond donors (Lipinski definition) is 2. The minimum absolute atomic E-state index is 0.0137. The van der Waals surface area contributed by atoms with Gasteiger partial charge >= 0.3 is 6.03 Å². The minimum atomic E-state index is -3.49. The number of carbonyl (C=O) groups is 1. The van der Waals surface area contributed by atoms with Gasteiger partial charge in [0.15, 0.2) is 9.84 Å². The van der Waals surface area contributed by atoms with Crippen LogP contribution in [0.1, 0.15) is 5.56 Å². The van der Waals surface area contributed by atoms with Crippen molar-refractivity contribution in [1.82, 2.24) is 0 Å². The van der Waals surface area contributed by atoms with Crippen molar-refractivity contribution < 1.29 is 17.9 Å². The molecule has 0 spiro atoms. The normalized spacial score (nSPS) is 14.0. The number of urea groups is 1. The van der Waals surface area contributed by atoms with Crippen LogP contribution in [0, 0.1) is 12.8 Å². The maximum absolute atomic E-state index is 12.9. The predicted molar refractivity (Wildman–Crippen MR) is 122 cm³/mol. The Labute approximate surface area is 182 Å². The smallest absolute Gasteiger partial charge is 0.323 e. The first-order chi connectivity index (χ1) is 14.9. The number of benzene rings is 3. The molecule has 1 aliphatic heterocycles. The maximum Gasteiger partial charge on any atom is 0.323 e. The van der Waals surface area contributed by atoms with E-state index in [9.17, 15) is 13.2 Å². The van der Waals surface area contributed by atoms with E-state index in [1.807, 2.05) is 55.5 Å². The van der Waals surface area contributed by atoms with Gasteiger partial charge in [-0.2, -0.15) is 0 Å². The van der Waals surface area contributed by atoms with Crippen LogP contribution in [0.5, 0.6) is 0 Å². The third-order valence-corrected chi connectivity index (χ3v) is 7.00. The predicted octanol–water partition coefficient (Wildman–Crippen LogP) is 4.73. The maximum atomic E-state index is 12.9. The molecule has 7 heteroatoms. The van der Waals surface area contributed by atoms with Crippen molar-refractivity contribution in [3.8, 4) is 11.1 Å². The van der Waals surface area contributed by atoms with Crippen LogP contribution in [0.15, 0.2) is 77.7 Å². The Morgan fingerprint density at radius 3 is 2.42 bits per heavy atom. The number of rotatable bonds is 6. The molecule has 2 amide bonds. The third-order valence-electron chi connectivity index (χ3n) is 5.12. The Morgan fingerprint density at radius 2 is 1.74 bits per heavy atom. The number of anilines is 2. The zero-order valence-corrected chi connectivity index (χ0v) is 18.0. The van der Waals surface area contributed by atoms with Crippen molar-refractivity contribution in [2.45, 2.75) is 11.8 Å². The summed E-state index contributed by atoms with van der Waals surface area (Å²) < 4.78 is 30.8. The Kier molecular flexibility index (Phi) is 6.06. The molecule has 0 aromatic heterocycles. The van der Waals surface area contributed by atoms with Crippen molar-refractivity contribution in [3.05, 3.63) is 78.4 Å². The van der Waals surface area contributed by atoms with Crippen LogP contribution in [0.4, 0.5) is 16.2 Å². The highest BCUT2D eigenvalue weighted by Gasteiger charge is 2.27. The highest BCUT2D eigenvalue weighted by molar-refractivity contribution is 7.91. The van der Waals surface area contributed by atoms with Gasteiger partial charge < -0.3 is 15.4 Å². The van der Waals surface area contributed by atoms with Gasteiger partial charge in [0, 0.05) is 17.2 Å². The lowest BCUT2D eigenvalue weighted by molar-refractivity contribution is -0.0204. The van der Waals surface area contributed by atoms with E-state index >= 15 is 0 Å². The Morgan fingerprint density at radius 1 is 0.968 bits per heavy atom. The summed E-state index contributed by atoms with van der Waals surface area (Å²) in [4.78, 5) is 12.9. The number of carbonyl (C=O) groups excluding carboxylic acids is 1. The van der Waals surface area contributed by atoms with Gasteiger partial charge in [0.25, 0.3) is 0 Å². The second kappa shape index (κ2) is 8.91. The standard InChI is InChI=1S/C24H24N2O4S/c1-17-6-5-9-20(12-17)25-24(27)26-23-13-21(31(28,29)16-18-14-30-15-18)10-11-22(23)19-7-3-2-4-8-19/h2-13,18H,14-16H2,1H3,(H2,25,26,27). The van der Waals surface area contributed by atoms with Crippen molar-refractivity contribution in [1.29, 1.82) is 0 Å². The molecule has 160 valence electrons. The number of sulfone groups is 1. The summed E-state index contributed by atoms with van der Waals surface area (Å²) in [5.74, 6) is 0.0481. The summed E-state index contributed by atoms with van der Waals surface area (Å²) in [5.41, 5.74) is 3.74. The molecular formula is C24H24N2O4S. The van der Waals surface area contributed by atoms with Crippen LogP contribution in [-0.4, -0.2) is 33.4 Å². The number of hydrogen-bond acceptors (Lipinski definition) is 4. The van der Waals surface area contributed by atoms with Crippen LogP contribution in [0.3, 0.4) is 0 Å². The second-order valence-corrected chi connectivity index (χ2v) is 9.74. The molecule has 0 aliphatic carbocycles. The Hall–Kier alpha value is -3.16. The van der Waals surface area contributed by atoms with Gasteiger partial charge in [-0.05, 0) is 42.3 Å². The Bertz CT molecular complexity index is 1190. The average Bonchev–Trinajstić information content (AvgIpc) is 2.71. The van der Waals surface area contributed by atoms with Crippen molar-refractivity contribution >= 4 is 27.2 Å². The highest BCUT2D eigenvalue weighted by Crippen LogP contribution is 2.31. The van der Waals surface area contributed by atoms with Gasteiger partial charge in [0.2, 0.25) is 0 Å². The van der Waals surface area contributed by atoms with E-state index in [1.165, 1.54) is 6.07 Å². The quantitative estimate of drug-likeness (QED) is 0.585. The van der Waals surface area contributed by atoms with Gasteiger partial charge in [-0.1, -0.05) is 48.5 Å². The van der Waals surface area contributed by atoms with Crippen LogP contribution in [-0.2, 0) is 14.6 Å². The number of ether oxygens (including phenoxy) is 1. The summed E-state index contributed by atoms with van der Waals surface area (Å²) in [6.07, 6.45) is 0. The molecule has 0 atom stereocenters. The van der Waals surface area contributed by atoms with E-state index in [0.717, 1.165) is 16.7 Å². The summed E-state index contributed by atoms with van der Waals surface area (Å²) in [6.45, 7) is 2.87. The van der Waals surface area contributed by atoms with Crippen molar-refractivity contribution in [2.24, 2.45) is 5.92 Å². The van der Waals surface area contributed by atoms with Crippen LogP contribution in [0.2, 0.25) is 0 Å². The van der Waals surface area contributed by atoms with E-state index < -0.39 is 15.9 Å². The molecule has 1 heterocycles. The van der Waals surface area contributed by atoms with E-state index in [0.29, 0.717) is 24.6 Å². The SMILES string of the molecule is Cc1cccc(NC(=O)Nc2cc(S(=O)(=O)CC3COC3)ccc2-c2ccccc2)c1. The van der Waals surface area contributed by atoms with E-state index in [1.54, 1.807) is 18.2 Å². The molecule has 0 unspecified atom stereocenters. The van der Waals surface area contributed by atoms with Gasteiger partial charge in [0.1, 0.15) is 0 Å². The lowest BCUT2D eigenvalue weighted by Crippen LogP contribution is -2.33. The molecule has 1 fully saturated rings. The second-order valence-electron chi connectivity index (χ2n) is 7.71. The Balaban J connectivity index is 1.64. The van der Waals surface area contributed by atoms with Crippen molar-refractivity contribution in [2.75, 3.05) is 29.6 Å². The first-order valence-corrected chi connectivity index (χ1v) is 11.7. The van der Waals surface area contributed by atoms with Gasteiger partial charge in [-0.15, -0.1) is 0 Å². The van der Waals surface area contributed by atoms with Crippen molar-refractivity contribution in [3.63, 3.8) is 0 Å². The molecule has 1 saturated heterocycles. The summed E-state index contributed by atoms with van der Waals surface area (Å²) >= 11 is 0. The van der Waals surface area contributed by atoms with Gasteiger partial charge in [-0.3, -0.25) is 0 Å². The highest BCUT2D eigenvalue weighted by atomic mass is 32.2. The molecule has 3 aromatic rings. The molecule has 1 aliphatic rings. The fraction of sp³-hybridized carbons (Fsp3) is 0.208. The monoisotopic (exact) mass is 436 g/mol. The number of amides is 2. The molecule has 4 rings (SSSR count). The summed E-state index contributed by atoms with van der Waals surface area (Å²) in [7, 11) is -3.49. The largest absolute Gasteiger partial charge is 0.381 e. The molecule has 2 N–H and O–H groups in total.